The third-order valence-corrected chi connectivity index (χ3v) is 4.81. The van der Waals surface area contributed by atoms with Crippen molar-refractivity contribution in [2.24, 2.45) is 0 Å². The van der Waals surface area contributed by atoms with E-state index in [1.807, 2.05) is 5.51 Å². The molecule has 2 rings (SSSR count). The van der Waals surface area contributed by atoms with Crippen molar-refractivity contribution < 1.29 is 0 Å². The van der Waals surface area contributed by atoms with Gasteiger partial charge in [-0.15, -0.1) is 11.3 Å². The molecule has 0 spiro atoms. The Bertz CT molecular complexity index is 521. The third kappa shape index (κ3) is 4.13. The lowest BCUT2D eigenvalue weighted by Crippen LogP contribution is -2.30. The Morgan fingerprint density at radius 2 is 1.95 bits per heavy atom. The molecule has 1 heterocycles. The van der Waals surface area contributed by atoms with Gasteiger partial charge in [0.2, 0.25) is 0 Å². The van der Waals surface area contributed by atoms with Gasteiger partial charge in [0.25, 0.3) is 0 Å². The number of hydrogen-bond acceptors (Lipinski definition) is 3. The summed E-state index contributed by atoms with van der Waals surface area (Å²) in [6.45, 7) is 6.51. The number of rotatable bonds is 5. The second-order valence-electron chi connectivity index (χ2n) is 4.92. The number of aryl methyl sites for hydroxylation is 1. The van der Waals surface area contributed by atoms with E-state index in [4.69, 9.17) is 0 Å². The van der Waals surface area contributed by atoms with Crippen LogP contribution in [-0.2, 0) is 6.42 Å². The van der Waals surface area contributed by atoms with Gasteiger partial charge in [-0.1, -0.05) is 28.1 Å². The molecule has 0 aliphatic heterocycles. The summed E-state index contributed by atoms with van der Waals surface area (Å²) in [4.78, 5) is 5.65. The van der Waals surface area contributed by atoms with Crippen molar-refractivity contribution in [1.29, 1.82) is 0 Å². The Morgan fingerprint density at radius 1 is 1.26 bits per heavy atom. The molecule has 0 aliphatic rings. The average molecular weight is 339 g/mol. The number of aromatic nitrogens is 1. The summed E-state index contributed by atoms with van der Waals surface area (Å²) in [6, 6.07) is 9.34. The Balaban J connectivity index is 1.92. The maximum absolute atomic E-state index is 4.31. The molecule has 1 aromatic heterocycles. The Morgan fingerprint density at radius 3 is 2.53 bits per heavy atom. The number of benzene rings is 1. The van der Waals surface area contributed by atoms with Gasteiger partial charge in [-0.25, -0.2) is 4.98 Å². The minimum absolute atomic E-state index is 0.359. The monoisotopic (exact) mass is 338 g/mol. The van der Waals surface area contributed by atoms with Crippen LogP contribution in [0.3, 0.4) is 0 Å². The lowest BCUT2D eigenvalue weighted by molar-refractivity contribution is 0.480. The molecular weight excluding hydrogens is 320 g/mol. The van der Waals surface area contributed by atoms with E-state index in [1.54, 1.807) is 11.3 Å². The molecule has 2 unspecified atom stereocenters. The molecule has 2 aromatic rings. The molecular formula is C15H19BrN2S. The third-order valence-electron chi connectivity index (χ3n) is 3.17. The number of nitrogens with one attached hydrogen (secondary N) is 1. The maximum Gasteiger partial charge on any atom is 0.0798 e. The first kappa shape index (κ1) is 14.7. The average Bonchev–Trinajstić information content (AvgIpc) is 2.78. The van der Waals surface area contributed by atoms with E-state index >= 15 is 0 Å². The smallest absolute Gasteiger partial charge is 0.0798 e. The number of halogens is 1. The fourth-order valence-electron chi connectivity index (χ4n) is 2.26. The van der Waals surface area contributed by atoms with Crippen molar-refractivity contribution in [3.05, 3.63) is 50.4 Å². The normalized spacial score (nSPS) is 14.3. The highest BCUT2D eigenvalue weighted by Gasteiger charge is 2.13. The summed E-state index contributed by atoms with van der Waals surface area (Å²) in [7, 11) is 0. The first-order valence-electron chi connectivity index (χ1n) is 6.46. The molecule has 0 fully saturated rings. The van der Waals surface area contributed by atoms with E-state index in [0.717, 1.165) is 16.6 Å². The van der Waals surface area contributed by atoms with Gasteiger partial charge in [0.1, 0.15) is 0 Å². The SMILES string of the molecule is Cc1ncsc1C(C)NC(C)Cc1ccc(Br)cc1. The van der Waals surface area contributed by atoms with E-state index in [-0.39, 0.29) is 0 Å². The van der Waals surface area contributed by atoms with Gasteiger partial charge in [0.15, 0.2) is 0 Å². The van der Waals surface area contributed by atoms with Crippen molar-refractivity contribution in [3.63, 3.8) is 0 Å². The van der Waals surface area contributed by atoms with Crippen LogP contribution < -0.4 is 5.32 Å². The Hall–Kier alpha value is -0.710. The predicted molar refractivity (Wildman–Crippen MR) is 85.7 cm³/mol. The van der Waals surface area contributed by atoms with E-state index in [0.29, 0.717) is 12.1 Å². The van der Waals surface area contributed by atoms with E-state index in [2.05, 4.69) is 71.3 Å². The number of nitrogens with zero attached hydrogens (tertiary/aromatic N) is 1. The minimum atomic E-state index is 0.359. The minimum Gasteiger partial charge on any atom is -0.307 e. The van der Waals surface area contributed by atoms with E-state index in [9.17, 15) is 0 Å². The Labute approximate surface area is 127 Å². The predicted octanol–water partition coefficient (Wildman–Crippen LogP) is 4.50. The second kappa shape index (κ2) is 6.64. The van der Waals surface area contributed by atoms with Crippen molar-refractivity contribution in [1.82, 2.24) is 10.3 Å². The zero-order chi connectivity index (χ0) is 13.8. The topological polar surface area (TPSA) is 24.9 Å². The van der Waals surface area contributed by atoms with Gasteiger partial charge in [-0.3, -0.25) is 0 Å². The van der Waals surface area contributed by atoms with Crippen LogP contribution in [0.1, 0.15) is 36.0 Å². The zero-order valence-electron chi connectivity index (χ0n) is 11.5. The molecule has 2 atom stereocenters. The Kier molecular flexibility index (Phi) is 5.13. The van der Waals surface area contributed by atoms with Gasteiger partial charge in [-0.05, 0) is 44.9 Å². The van der Waals surface area contributed by atoms with E-state index in [1.165, 1.54) is 10.4 Å². The van der Waals surface area contributed by atoms with Gasteiger partial charge >= 0.3 is 0 Å². The summed E-state index contributed by atoms with van der Waals surface area (Å²) >= 11 is 5.19. The molecule has 1 N–H and O–H groups in total. The molecule has 0 amide bonds. The summed E-state index contributed by atoms with van der Waals surface area (Å²) in [5.41, 5.74) is 4.42. The summed E-state index contributed by atoms with van der Waals surface area (Å²) < 4.78 is 1.13. The van der Waals surface area contributed by atoms with Crippen LogP contribution in [-0.4, -0.2) is 11.0 Å². The molecule has 102 valence electrons. The molecule has 19 heavy (non-hydrogen) atoms. The van der Waals surface area contributed by atoms with Gasteiger partial charge in [0.05, 0.1) is 11.2 Å². The molecule has 2 nitrogen and oxygen atoms in total. The van der Waals surface area contributed by atoms with Crippen molar-refractivity contribution in [3.8, 4) is 0 Å². The summed E-state index contributed by atoms with van der Waals surface area (Å²) in [5, 5.41) is 3.64. The fourth-order valence-corrected chi connectivity index (χ4v) is 3.35. The molecule has 0 saturated heterocycles. The first-order chi connectivity index (χ1) is 9.06. The molecule has 1 aromatic carbocycles. The van der Waals surface area contributed by atoms with Crippen LogP contribution >= 0.6 is 27.3 Å². The van der Waals surface area contributed by atoms with Crippen LogP contribution in [0.25, 0.3) is 0 Å². The van der Waals surface area contributed by atoms with Crippen LogP contribution in [0.15, 0.2) is 34.2 Å². The molecule has 0 aliphatic carbocycles. The highest BCUT2D eigenvalue weighted by Crippen LogP contribution is 2.22. The fraction of sp³-hybridized carbons (Fsp3) is 0.400. The molecule has 0 bridgehead atoms. The van der Waals surface area contributed by atoms with Crippen LogP contribution in [0, 0.1) is 6.92 Å². The second-order valence-corrected chi connectivity index (χ2v) is 6.72. The molecule has 0 saturated carbocycles. The van der Waals surface area contributed by atoms with Gasteiger partial charge < -0.3 is 5.32 Å². The highest BCUT2D eigenvalue weighted by atomic mass is 79.9. The zero-order valence-corrected chi connectivity index (χ0v) is 13.9. The van der Waals surface area contributed by atoms with Crippen molar-refractivity contribution >= 4 is 27.3 Å². The van der Waals surface area contributed by atoms with Crippen LogP contribution in [0.4, 0.5) is 0 Å². The summed E-state index contributed by atoms with van der Waals surface area (Å²) in [5.74, 6) is 0. The van der Waals surface area contributed by atoms with Gasteiger partial charge in [-0.2, -0.15) is 0 Å². The standard InChI is InChI=1S/C15H19BrN2S/c1-10(8-13-4-6-14(16)7-5-13)18-12(3)15-11(2)17-9-19-15/h4-7,9-10,12,18H,8H2,1-3H3. The van der Waals surface area contributed by atoms with Crippen molar-refractivity contribution in [2.75, 3.05) is 0 Å². The molecule has 4 heteroatoms. The van der Waals surface area contributed by atoms with Crippen LogP contribution in [0.5, 0.6) is 0 Å². The lowest BCUT2D eigenvalue weighted by atomic mass is 10.1. The highest BCUT2D eigenvalue weighted by molar-refractivity contribution is 9.10. The van der Waals surface area contributed by atoms with E-state index < -0.39 is 0 Å². The maximum atomic E-state index is 4.31. The lowest BCUT2D eigenvalue weighted by Gasteiger charge is -2.19. The number of hydrogen-bond donors (Lipinski definition) is 1. The first-order valence-corrected chi connectivity index (χ1v) is 8.14. The number of thiazole rings is 1. The summed E-state index contributed by atoms with van der Waals surface area (Å²) in [6.07, 6.45) is 1.04. The quantitative estimate of drug-likeness (QED) is 0.868. The largest absolute Gasteiger partial charge is 0.307 e. The van der Waals surface area contributed by atoms with Crippen molar-refractivity contribution in [2.45, 2.75) is 39.3 Å². The van der Waals surface area contributed by atoms with Crippen LogP contribution in [0.2, 0.25) is 0 Å². The molecule has 0 radical (unpaired) electrons. The van der Waals surface area contributed by atoms with Gasteiger partial charge in [0, 0.05) is 21.4 Å².